The number of alkyl halides is 3. The summed E-state index contributed by atoms with van der Waals surface area (Å²) in [5.41, 5.74) is 1.50. The average Bonchev–Trinajstić information content (AvgIpc) is 3.18. The van der Waals surface area contributed by atoms with Crippen LogP contribution in [0.15, 0.2) is 22.7 Å². The summed E-state index contributed by atoms with van der Waals surface area (Å²) >= 11 is 0. The molecule has 3 atom stereocenters. The molecule has 3 rings (SSSR count). The van der Waals surface area contributed by atoms with Crippen LogP contribution in [0.4, 0.5) is 29.3 Å². The van der Waals surface area contributed by atoms with E-state index in [0.717, 1.165) is 0 Å². The molecule has 2 N–H and O–H groups in total. The van der Waals surface area contributed by atoms with Gasteiger partial charge in [0.2, 0.25) is 0 Å². The SMILES string of the molecule is CO[C@@H]1CN(C)C(=O)c2cc(NC(=O)Nc3c(C)noc3C)ccc2OC[C@H](C)N(CCC(F)(F)F)C[C@@H]1C. The maximum absolute atomic E-state index is 13.5. The van der Waals surface area contributed by atoms with Gasteiger partial charge in [0.05, 0.1) is 18.1 Å². The van der Waals surface area contributed by atoms with Gasteiger partial charge in [-0.25, -0.2) is 4.79 Å². The van der Waals surface area contributed by atoms with E-state index in [2.05, 4.69) is 15.8 Å². The molecule has 10 nitrogen and oxygen atoms in total. The van der Waals surface area contributed by atoms with Crippen molar-refractivity contribution in [1.82, 2.24) is 15.0 Å². The Kier molecular flexibility index (Phi) is 9.83. The number of ether oxygens (including phenoxy) is 2. The zero-order valence-corrected chi connectivity index (χ0v) is 23.0. The number of amides is 3. The number of nitrogens with zero attached hydrogens (tertiary/aromatic N) is 3. The highest BCUT2D eigenvalue weighted by Crippen LogP contribution is 2.28. The van der Waals surface area contributed by atoms with Crippen LogP contribution >= 0.6 is 0 Å². The standard InChI is InChI=1S/C26H36F3N5O5/c1-15-12-34(10-9-26(27,28)29)16(2)14-38-21-8-7-19(11-20(21)24(35)33(5)13-22(15)37-6)30-25(36)31-23-17(3)32-39-18(23)4/h7-8,11,15-16,22H,9-10,12-14H2,1-6H3,(H2,30,31,36)/t15-,16-,22+/m0/s1. The lowest BCUT2D eigenvalue weighted by molar-refractivity contribution is -0.140. The van der Waals surface area contributed by atoms with Gasteiger partial charge in [-0.15, -0.1) is 0 Å². The molecule has 2 aromatic rings. The number of hydrogen-bond donors (Lipinski definition) is 2. The molecule has 1 aromatic carbocycles. The summed E-state index contributed by atoms with van der Waals surface area (Å²) in [6, 6.07) is 3.72. The summed E-state index contributed by atoms with van der Waals surface area (Å²) in [4.78, 5) is 29.3. The van der Waals surface area contributed by atoms with Crippen molar-refractivity contribution in [3.05, 3.63) is 35.2 Å². The van der Waals surface area contributed by atoms with Gasteiger partial charge < -0.3 is 29.5 Å². The van der Waals surface area contributed by atoms with Crippen molar-refractivity contribution in [3.8, 4) is 5.75 Å². The van der Waals surface area contributed by atoms with Crippen LogP contribution < -0.4 is 15.4 Å². The van der Waals surface area contributed by atoms with Gasteiger partial charge in [0.1, 0.15) is 23.7 Å². The Balaban J connectivity index is 1.87. The number of hydrogen-bond acceptors (Lipinski definition) is 7. The van der Waals surface area contributed by atoms with Crippen LogP contribution in [0, 0.1) is 19.8 Å². The van der Waals surface area contributed by atoms with Gasteiger partial charge in [0.15, 0.2) is 5.76 Å². The first-order valence-electron chi connectivity index (χ1n) is 12.7. The van der Waals surface area contributed by atoms with Gasteiger partial charge in [0, 0.05) is 45.5 Å². The molecule has 216 valence electrons. The lowest BCUT2D eigenvalue weighted by atomic mass is 10.0. The largest absolute Gasteiger partial charge is 0.491 e. The highest BCUT2D eigenvalue weighted by atomic mass is 19.4. The Morgan fingerprint density at radius 2 is 1.92 bits per heavy atom. The van der Waals surface area contributed by atoms with Crippen LogP contribution in [0.2, 0.25) is 0 Å². The molecule has 0 bridgehead atoms. The van der Waals surface area contributed by atoms with Crippen LogP contribution in [0.3, 0.4) is 0 Å². The average molecular weight is 556 g/mol. The van der Waals surface area contributed by atoms with Crippen molar-refractivity contribution in [2.45, 2.75) is 52.4 Å². The first-order valence-corrected chi connectivity index (χ1v) is 12.7. The van der Waals surface area contributed by atoms with E-state index in [9.17, 15) is 22.8 Å². The zero-order chi connectivity index (χ0) is 28.9. The fraction of sp³-hybridized carbons (Fsp3) is 0.577. The number of nitrogens with one attached hydrogen (secondary N) is 2. The molecule has 1 aliphatic rings. The summed E-state index contributed by atoms with van der Waals surface area (Å²) in [6.45, 7) is 7.48. The van der Waals surface area contributed by atoms with Gasteiger partial charge in [-0.1, -0.05) is 12.1 Å². The molecule has 0 aliphatic carbocycles. The number of fused-ring (bicyclic) bond motifs is 1. The number of benzene rings is 1. The quantitative estimate of drug-likeness (QED) is 0.551. The Labute approximate surface area is 225 Å². The molecule has 39 heavy (non-hydrogen) atoms. The van der Waals surface area contributed by atoms with Gasteiger partial charge in [-0.05, 0) is 44.9 Å². The number of carbonyl (C=O) groups excluding carboxylic acids is 2. The lowest BCUT2D eigenvalue weighted by Gasteiger charge is -2.36. The molecule has 2 heterocycles. The van der Waals surface area contributed by atoms with Crippen LogP contribution in [0.25, 0.3) is 0 Å². The summed E-state index contributed by atoms with van der Waals surface area (Å²) < 4.78 is 55.7. The monoisotopic (exact) mass is 555 g/mol. The van der Waals surface area contributed by atoms with E-state index >= 15 is 0 Å². The lowest BCUT2D eigenvalue weighted by Crippen LogP contribution is -2.47. The van der Waals surface area contributed by atoms with Crippen LogP contribution in [-0.2, 0) is 4.74 Å². The van der Waals surface area contributed by atoms with Crippen molar-refractivity contribution in [3.63, 3.8) is 0 Å². The molecular formula is C26H36F3N5O5. The summed E-state index contributed by atoms with van der Waals surface area (Å²) in [7, 11) is 3.14. The first-order chi connectivity index (χ1) is 18.3. The van der Waals surface area contributed by atoms with Crippen LogP contribution in [-0.4, -0.2) is 85.6 Å². The molecule has 0 unspecified atom stereocenters. The third-order valence-electron chi connectivity index (χ3n) is 6.79. The van der Waals surface area contributed by atoms with Crippen molar-refractivity contribution < 1.29 is 36.8 Å². The van der Waals surface area contributed by atoms with Crippen molar-refractivity contribution >= 4 is 23.3 Å². The number of anilines is 2. The third-order valence-corrected chi connectivity index (χ3v) is 6.79. The topological polar surface area (TPSA) is 109 Å². The van der Waals surface area contributed by atoms with Gasteiger partial charge in [0.25, 0.3) is 5.91 Å². The van der Waals surface area contributed by atoms with E-state index in [4.69, 9.17) is 14.0 Å². The molecule has 13 heteroatoms. The molecule has 0 fully saturated rings. The van der Waals surface area contributed by atoms with E-state index in [-0.39, 0.29) is 48.9 Å². The van der Waals surface area contributed by atoms with Crippen molar-refractivity contribution in [2.24, 2.45) is 5.92 Å². The van der Waals surface area contributed by atoms with Gasteiger partial charge >= 0.3 is 12.2 Å². The molecule has 1 aromatic heterocycles. The van der Waals surface area contributed by atoms with Gasteiger partial charge in [-0.2, -0.15) is 13.2 Å². The number of methoxy groups -OCH3 is 1. The number of halogens is 3. The highest BCUT2D eigenvalue weighted by Gasteiger charge is 2.32. The van der Waals surface area contributed by atoms with E-state index < -0.39 is 24.7 Å². The predicted octanol–water partition coefficient (Wildman–Crippen LogP) is 4.69. The number of rotatable bonds is 5. The summed E-state index contributed by atoms with van der Waals surface area (Å²) in [5.74, 6) is 0.191. The zero-order valence-electron chi connectivity index (χ0n) is 23.0. The molecular weight excluding hydrogens is 519 g/mol. The molecule has 1 aliphatic heterocycles. The van der Waals surface area contributed by atoms with Gasteiger partial charge in [-0.3, -0.25) is 9.69 Å². The van der Waals surface area contributed by atoms with Crippen molar-refractivity contribution in [1.29, 1.82) is 0 Å². The Morgan fingerprint density at radius 1 is 1.21 bits per heavy atom. The number of aryl methyl sites for hydroxylation is 2. The first kappa shape index (κ1) is 30.2. The Hall–Kier alpha value is -3.32. The van der Waals surface area contributed by atoms with E-state index in [0.29, 0.717) is 29.4 Å². The maximum atomic E-state index is 13.5. The minimum Gasteiger partial charge on any atom is -0.491 e. The number of carbonyl (C=O) groups is 2. The van der Waals surface area contributed by atoms with E-state index in [1.807, 2.05) is 6.92 Å². The second-order valence-electron chi connectivity index (χ2n) is 9.95. The minimum absolute atomic E-state index is 0.0610. The maximum Gasteiger partial charge on any atom is 0.390 e. The molecule has 0 saturated heterocycles. The predicted molar refractivity (Wildman–Crippen MR) is 139 cm³/mol. The number of aromatic nitrogens is 1. The fourth-order valence-electron chi connectivity index (χ4n) is 4.45. The Bertz CT molecular complexity index is 1140. The van der Waals surface area contributed by atoms with Crippen molar-refractivity contribution in [2.75, 3.05) is 51.0 Å². The third kappa shape index (κ3) is 8.09. The molecule has 0 saturated carbocycles. The van der Waals surface area contributed by atoms with E-state index in [1.165, 1.54) is 18.1 Å². The Morgan fingerprint density at radius 3 is 2.54 bits per heavy atom. The second kappa shape index (κ2) is 12.7. The summed E-state index contributed by atoms with van der Waals surface area (Å²) in [6.07, 6.45) is -5.64. The number of urea groups is 1. The number of likely N-dealkylation sites (N-methyl/N-ethyl adjacent to an activating group) is 1. The smallest absolute Gasteiger partial charge is 0.390 e. The summed E-state index contributed by atoms with van der Waals surface area (Å²) in [5, 5.41) is 9.18. The normalized spacial score (nSPS) is 21.4. The molecule has 3 amide bonds. The van der Waals surface area contributed by atoms with E-state index in [1.54, 1.807) is 44.9 Å². The molecule has 0 spiro atoms. The highest BCUT2D eigenvalue weighted by molar-refractivity contribution is 6.02. The van der Waals surface area contributed by atoms with Crippen LogP contribution in [0.1, 0.15) is 42.1 Å². The van der Waals surface area contributed by atoms with Crippen LogP contribution in [0.5, 0.6) is 5.75 Å². The molecule has 0 radical (unpaired) electrons. The second-order valence-corrected chi connectivity index (χ2v) is 9.95. The minimum atomic E-state index is -4.28. The fourth-order valence-corrected chi connectivity index (χ4v) is 4.45.